The van der Waals surface area contributed by atoms with Crippen LogP contribution >= 0.6 is 0 Å². The van der Waals surface area contributed by atoms with Crippen LogP contribution in [0.25, 0.3) is 0 Å². The minimum Gasteiger partial charge on any atom is -0.396 e. The number of anilines is 1. The first-order chi connectivity index (χ1) is 8.19. The molecule has 0 unspecified atom stereocenters. The lowest BCUT2D eigenvalue weighted by Gasteiger charge is -2.25. The monoisotopic (exact) mass is 238 g/mol. The first-order valence-electron chi connectivity index (χ1n) is 6.69. The molecule has 0 aliphatic rings. The molecule has 0 aliphatic carbocycles. The maximum atomic E-state index is 5.64. The molecule has 98 valence electrons. The number of hydrogen-bond acceptors (Lipinski definition) is 3. The van der Waals surface area contributed by atoms with Crippen LogP contribution < -0.4 is 5.73 Å². The van der Waals surface area contributed by atoms with E-state index < -0.39 is 0 Å². The van der Waals surface area contributed by atoms with Crippen LogP contribution in [0.1, 0.15) is 33.6 Å². The Morgan fingerprint density at radius 3 is 2.53 bits per heavy atom. The fourth-order valence-corrected chi connectivity index (χ4v) is 2.04. The summed E-state index contributed by atoms with van der Waals surface area (Å²) in [4.78, 5) is 2.50. The molecule has 4 nitrogen and oxygen atoms in total. The Balaban J connectivity index is 2.36. The summed E-state index contributed by atoms with van der Waals surface area (Å²) in [5, 5.41) is 4.21. The van der Waals surface area contributed by atoms with Gasteiger partial charge < -0.3 is 10.6 Å². The first kappa shape index (κ1) is 14.0. The summed E-state index contributed by atoms with van der Waals surface area (Å²) in [6.07, 6.45) is 6.13. The average Bonchev–Trinajstić information content (AvgIpc) is 2.76. The van der Waals surface area contributed by atoms with Gasteiger partial charge in [-0.1, -0.05) is 33.6 Å². The Morgan fingerprint density at radius 2 is 2.06 bits per heavy atom. The number of aromatic nitrogens is 2. The van der Waals surface area contributed by atoms with Gasteiger partial charge in [-0.05, 0) is 12.5 Å². The van der Waals surface area contributed by atoms with Crippen molar-refractivity contribution in [2.24, 2.45) is 5.92 Å². The predicted octanol–water partition coefficient (Wildman–Crippen LogP) is 2.22. The van der Waals surface area contributed by atoms with Crippen molar-refractivity contribution >= 4 is 5.69 Å². The molecular weight excluding hydrogens is 212 g/mol. The van der Waals surface area contributed by atoms with Gasteiger partial charge in [-0.2, -0.15) is 5.10 Å². The molecule has 4 heteroatoms. The second kappa shape index (κ2) is 7.33. The van der Waals surface area contributed by atoms with E-state index in [0.717, 1.165) is 31.2 Å². The van der Waals surface area contributed by atoms with Crippen LogP contribution in [0.15, 0.2) is 12.4 Å². The van der Waals surface area contributed by atoms with Crippen molar-refractivity contribution in [2.45, 2.75) is 40.2 Å². The molecule has 1 aromatic heterocycles. The van der Waals surface area contributed by atoms with Crippen LogP contribution in [0, 0.1) is 5.92 Å². The molecule has 1 aromatic rings. The summed E-state index contributed by atoms with van der Waals surface area (Å²) in [6.45, 7) is 11.0. The zero-order valence-electron chi connectivity index (χ0n) is 11.4. The van der Waals surface area contributed by atoms with Crippen LogP contribution in [0.2, 0.25) is 0 Å². The summed E-state index contributed by atoms with van der Waals surface area (Å²) >= 11 is 0. The summed E-state index contributed by atoms with van der Waals surface area (Å²) in [7, 11) is 0. The molecule has 1 rings (SSSR count). The average molecular weight is 238 g/mol. The minimum atomic E-state index is 0.744. The summed E-state index contributed by atoms with van der Waals surface area (Å²) < 4.78 is 1.92. The van der Waals surface area contributed by atoms with E-state index in [4.69, 9.17) is 5.73 Å². The Hall–Kier alpha value is -1.03. The number of nitrogen functional groups attached to an aromatic ring is 1. The van der Waals surface area contributed by atoms with Gasteiger partial charge in [0.05, 0.1) is 18.4 Å². The van der Waals surface area contributed by atoms with Crippen molar-refractivity contribution in [1.29, 1.82) is 0 Å². The Bertz CT molecular complexity index is 304. The van der Waals surface area contributed by atoms with Crippen LogP contribution in [0.3, 0.4) is 0 Å². The van der Waals surface area contributed by atoms with Crippen LogP contribution in [0.4, 0.5) is 5.69 Å². The van der Waals surface area contributed by atoms with Crippen molar-refractivity contribution in [3.05, 3.63) is 12.4 Å². The van der Waals surface area contributed by atoms with E-state index in [1.165, 1.54) is 19.4 Å². The number of nitrogens with zero attached hydrogens (tertiary/aromatic N) is 3. The third kappa shape index (κ3) is 4.77. The van der Waals surface area contributed by atoms with E-state index in [1.807, 2.05) is 10.9 Å². The van der Waals surface area contributed by atoms with Gasteiger partial charge >= 0.3 is 0 Å². The van der Waals surface area contributed by atoms with Gasteiger partial charge in [-0.25, -0.2) is 0 Å². The third-order valence-corrected chi connectivity index (χ3v) is 3.42. The molecule has 17 heavy (non-hydrogen) atoms. The van der Waals surface area contributed by atoms with Crippen molar-refractivity contribution in [1.82, 2.24) is 14.7 Å². The molecule has 0 atom stereocenters. The molecule has 0 bridgehead atoms. The lowest BCUT2D eigenvalue weighted by molar-refractivity contribution is 0.223. The number of likely N-dealkylation sites (N-methyl/N-ethyl adjacent to an activating group) is 1. The number of hydrogen-bond donors (Lipinski definition) is 1. The van der Waals surface area contributed by atoms with E-state index in [0.29, 0.717) is 0 Å². The van der Waals surface area contributed by atoms with Gasteiger partial charge in [0.2, 0.25) is 0 Å². The largest absolute Gasteiger partial charge is 0.396 e. The van der Waals surface area contributed by atoms with Crippen LogP contribution in [-0.2, 0) is 6.54 Å². The molecular formula is C13H26N4. The van der Waals surface area contributed by atoms with Gasteiger partial charge in [-0.3, -0.25) is 4.68 Å². The van der Waals surface area contributed by atoms with E-state index in [1.54, 1.807) is 6.20 Å². The van der Waals surface area contributed by atoms with E-state index in [2.05, 4.69) is 30.8 Å². The van der Waals surface area contributed by atoms with Crippen molar-refractivity contribution in [3.8, 4) is 0 Å². The molecule has 0 radical (unpaired) electrons. The Morgan fingerprint density at radius 1 is 1.35 bits per heavy atom. The zero-order chi connectivity index (χ0) is 12.7. The highest BCUT2D eigenvalue weighted by atomic mass is 15.3. The molecule has 0 saturated heterocycles. The predicted molar refractivity (Wildman–Crippen MR) is 72.8 cm³/mol. The molecule has 0 spiro atoms. The van der Waals surface area contributed by atoms with Gasteiger partial charge in [0.1, 0.15) is 0 Å². The van der Waals surface area contributed by atoms with Crippen molar-refractivity contribution in [2.75, 3.05) is 25.4 Å². The van der Waals surface area contributed by atoms with Crippen molar-refractivity contribution in [3.63, 3.8) is 0 Å². The zero-order valence-corrected chi connectivity index (χ0v) is 11.4. The Labute approximate surface area is 105 Å². The second-order valence-electron chi connectivity index (χ2n) is 4.61. The van der Waals surface area contributed by atoms with Gasteiger partial charge in [-0.15, -0.1) is 0 Å². The standard InChI is InChI=1S/C13H26N4/c1-4-12(5-2)10-16(6-3)7-8-17-11-13(14)9-15-17/h9,11-12H,4-8,10,14H2,1-3H3. The van der Waals surface area contributed by atoms with Gasteiger partial charge in [0.15, 0.2) is 0 Å². The van der Waals surface area contributed by atoms with Gasteiger partial charge in [0.25, 0.3) is 0 Å². The summed E-state index contributed by atoms with van der Waals surface area (Å²) in [5.74, 6) is 0.817. The molecule has 0 aromatic carbocycles. The maximum Gasteiger partial charge on any atom is 0.0719 e. The molecule has 0 amide bonds. The molecule has 2 N–H and O–H groups in total. The maximum absolute atomic E-state index is 5.64. The van der Waals surface area contributed by atoms with E-state index in [-0.39, 0.29) is 0 Å². The number of rotatable bonds is 8. The summed E-state index contributed by atoms with van der Waals surface area (Å²) in [6, 6.07) is 0. The summed E-state index contributed by atoms with van der Waals surface area (Å²) in [5.41, 5.74) is 6.39. The molecule has 1 heterocycles. The normalized spacial score (nSPS) is 11.6. The van der Waals surface area contributed by atoms with E-state index in [9.17, 15) is 0 Å². The van der Waals surface area contributed by atoms with Crippen molar-refractivity contribution < 1.29 is 0 Å². The first-order valence-corrected chi connectivity index (χ1v) is 6.69. The van der Waals surface area contributed by atoms with E-state index >= 15 is 0 Å². The van der Waals surface area contributed by atoms with Crippen LogP contribution in [0.5, 0.6) is 0 Å². The van der Waals surface area contributed by atoms with Crippen LogP contribution in [-0.4, -0.2) is 34.3 Å². The highest BCUT2D eigenvalue weighted by Gasteiger charge is 2.09. The lowest BCUT2D eigenvalue weighted by Crippen LogP contribution is -2.32. The fraction of sp³-hybridized carbons (Fsp3) is 0.769. The SMILES string of the molecule is CCC(CC)CN(CC)CCn1cc(N)cn1. The highest BCUT2D eigenvalue weighted by Crippen LogP contribution is 2.10. The lowest BCUT2D eigenvalue weighted by atomic mass is 10.0. The molecule has 0 fully saturated rings. The quantitative estimate of drug-likeness (QED) is 0.755. The Kier molecular flexibility index (Phi) is 6.05. The molecule has 0 saturated carbocycles. The minimum absolute atomic E-state index is 0.744. The number of nitrogens with two attached hydrogens (primary N) is 1. The highest BCUT2D eigenvalue weighted by molar-refractivity contribution is 5.30. The fourth-order valence-electron chi connectivity index (χ4n) is 2.04. The third-order valence-electron chi connectivity index (χ3n) is 3.42. The second-order valence-corrected chi connectivity index (χ2v) is 4.61. The topological polar surface area (TPSA) is 47.1 Å². The smallest absolute Gasteiger partial charge is 0.0719 e. The molecule has 0 aliphatic heterocycles. The van der Waals surface area contributed by atoms with Gasteiger partial charge in [0, 0.05) is 19.3 Å².